The minimum Gasteiger partial charge on any atom is -0.493 e. The van der Waals surface area contributed by atoms with Gasteiger partial charge in [0.1, 0.15) is 11.6 Å². The molecule has 5 nitrogen and oxygen atoms in total. The Hall–Kier alpha value is -2.89. The van der Waals surface area contributed by atoms with Gasteiger partial charge in [-0.05, 0) is 43.2 Å². The van der Waals surface area contributed by atoms with Gasteiger partial charge in [0.2, 0.25) is 0 Å². The molecule has 26 heavy (non-hydrogen) atoms. The van der Waals surface area contributed by atoms with Crippen LogP contribution in [0.5, 0.6) is 5.75 Å². The summed E-state index contributed by atoms with van der Waals surface area (Å²) in [5, 5.41) is 2.64. The number of nitrogens with one attached hydrogen (secondary N) is 1. The Balaban J connectivity index is 1.69. The average Bonchev–Trinajstić information content (AvgIpc) is 2.62. The first-order chi connectivity index (χ1) is 12.5. The first-order valence-electron chi connectivity index (χ1n) is 8.36. The molecular weight excluding hydrogens is 337 g/mol. The van der Waals surface area contributed by atoms with Crippen molar-refractivity contribution >= 4 is 11.9 Å². The maximum absolute atomic E-state index is 12.8. The molecule has 2 aromatic carbocycles. The van der Waals surface area contributed by atoms with E-state index in [4.69, 9.17) is 9.47 Å². The second-order valence-corrected chi connectivity index (χ2v) is 5.84. The van der Waals surface area contributed by atoms with Crippen LogP contribution in [0.2, 0.25) is 0 Å². The smallest absolute Gasteiger partial charge is 0.310 e. The van der Waals surface area contributed by atoms with Crippen molar-refractivity contribution in [3.63, 3.8) is 0 Å². The molecule has 1 unspecified atom stereocenters. The minimum absolute atomic E-state index is 0.0456. The van der Waals surface area contributed by atoms with Crippen molar-refractivity contribution in [1.29, 1.82) is 0 Å². The lowest BCUT2D eigenvalue weighted by atomic mass is 10.2. The zero-order chi connectivity index (χ0) is 18.9. The first-order valence-corrected chi connectivity index (χ1v) is 8.36. The van der Waals surface area contributed by atoms with Gasteiger partial charge >= 0.3 is 5.97 Å². The number of ether oxygens (including phenoxy) is 2. The number of halogens is 1. The maximum atomic E-state index is 12.8. The summed E-state index contributed by atoms with van der Waals surface area (Å²) in [7, 11) is 0. The molecule has 0 aromatic heterocycles. The van der Waals surface area contributed by atoms with Crippen molar-refractivity contribution in [3.8, 4) is 5.75 Å². The molecular formula is C20H22FNO4. The van der Waals surface area contributed by atoms with Crippen LogP contribution < -0.4 is 10.1 Å². The zero-order valence-corrected chi connectivity index (χ0v) is 14.8. The molecule has 0 aliphatic rings. The van der Waals surface area contributed by atoms with Crippen LogP contribution in [0.4, 0.5) is 4.39 Å². The predicted octanol–water partition coefficient (Wildman–Crippen LogP) is 3.15. The van der Waals surface area contributed by atoms with Crippen molar-refractivity contribution < 1.29 is 23.5 Å². The van der Waals surface area contributed by atoms with Crippen LogP contribution in [0.3, 0.4) is 0 Å². The minimum atomic E-state index is -0.915. The molecule has 0 radical (unpaired) electrons. The second-order valence-electron chi connectivity index (χ2n) is 5.84. The normalized spacial score (nSPS) is 11.5. The molecule has 1 N–H and O–H groups in total. The predicted molar refractivity (Wildman–Crippen MR) is 95.1 cm³/mol. The monoisotopic (exact) mass is 359 g/mol. The van der Waals surface area contributed by atoms with Gasteiger partial charge in [0.05, 0.1) is 13.0 Å². The quantitative estimate of drug-likeness (QED) is 0.736. The van der Waals surface area contributed by atoms with E-state index in [2.05, 4.69) is 5.32 Å². The third-order valence-corrected chi connectivity index (χ3v) is 3.71. The van der Waals surface area contributed by atoms with E-state index < -0.39 is 18.0 Å². The highest BCUT2D eigenvalue weighted by Gasteiger charge is 2.17. The molecule has 138 valence electrons. The van der Waals surface area contributed by atoms with Gasteiger partial charge in [-0.1, -0.05) is 30.3 Å². The molecule has 2 rings (SSSR count). The lowest BCUT2D eigenvalue weighted by Crippen LogP contribution is -2.35. The van der Waals surface area contributed by atoms with Crippen LogP contribution >= 0.6 is 0 Å². The van der Waals surface area contributed by atoms with Gasteiger partial charge < -0.3 is 14.8 Å². The Bertz CT molecular complexity index is 746. The van der Waals surface area contributed by atoms with E-state index in [0.29, 0.717) is 5.75 Å². The van der Waals surface area contributed by atoms with Crippen LogP contribution in [0.1, 0.15) is 24.5 Å². The third-order valence-electron chi connectivity index (χ3n) is 3.71. The van der Waals surface area contributed by atoms with Gasteiger partial charge in [-0.3, -0.25) is 9.59 Å². The number of para-hydroxylation sites is 1. The molecule has 0 aliphatic carbocycles. The summed E-state index contributed by atoms with van der Waals surface area (Å²) >= 11 is 0. The number of carbonyl (C=O) groups excluding carboxylic acids is 2. The van der Waals surface area contributed by atoms with E-state index in [1.807, 2.05) is 31.2 Å². The number of esters is 1. The van der Waals surface area contributed by atoms with Crippen molar-refractivity contribution in [2.24, 2.45) is 0 Å². The molecule has 2 aromatic rings. The SMILES string of the molecule is Cc1ccccc1OCCC(=O)OC(C)C(=O)NCc1ccc(F)cc1. The highest BCUT2D eigenvalue weighted by Crippen LogP contribution is 2.16. The summed E-state index contributed by atoms with van der Waals surface area (Å²) in [6.07, 6.45) is -0.870. The molecule has 1 atom stereocenters. The Morgan fingerprint density at radius 3 is 2.50 bits per heavy atom. The third kappa shape index (κ3) is 6.20. The van der Waals surface area contributed by atoms with Crippen molar-refractivity contribution in [2.75, 3.05) is 6.61 Å². The molecule has 0 fully saturated rings. The molecule has 6 heteroatoms. The van der Waals surface area contributed by atoms with Gasteiger partial charge in [0, 0.05) is 6.54 Å². The number of amides is 1. The summed E-state index contributed by atoms with van der Waals surface area (Å²) in [5.74, 6) is -0.550. The highest BCUT2D eigenvalue weighted by atomic mass is 19.1. The van der Waals surface area contributed by atoms with Gasteiger partial charge in [0.25, 0.3) is 5.91 Å². The Labute approximate surface area is 152 Å². The van der Waals surface area contributed by atoms with Crippen molar-refractivity contribution in [2.45, 2.75) is 32.9 Å². The summed E-state index contributed by atoms with van der Waals surface area (Å²) in [6, 6.07) is 13.3. The van der Waals surface area contributed by atoms with Crippen LogP contribution in [0.25, 0.3) is 0 Å². The molecule has 0 bridgehead atoms. The number of aryl methyl sites for hydroxylation is 1. The summed E-state index contributed by atoms with van der Waals surface area (Å²) < 4.78 is 23.5. The topological polar surface area (TPSA) is 64.6 Å². The Kier molecular flexibility index (Phi) is 7.14. The zero-order valence-electron chi connectivity index (χ0n) is 14.8. The summed E-state index contributed by atoms with van der Waals surface area (Å²) in [4.78, 5) is 23.8. The number of rotatable bonds is 8. The molecule has 0 spiro atoms. The fourth-order valence-electron chi connectivity index (χ4n) is 2.21. The van der Waals surface area contributed by atoms with E-state index in [0.717, 1.165) is 11.1 Å². The maximum Gasteiger partial charge on any atom is 0.310 e. The number of benzene rings is 2. The standard InChI is InChI=1S/C20H22FNO4/c1-14-5-3-4-6-18(14)25-12-11-19(23)26-15(2)20(24)22-13-16-7-9-17(21)10-8-16/h3-10,15H,11-13H2,1-2H3,(H,22,24). The van der Waals surface area contributed by atoms with Crippen molar-refractivity contribution in [3.05, 3.63) is 65.5 Å². The highest BCUT2D eigenvalue weighted by molar-refractivity contribution is 5.83. The van der Waals surface area contributed by atoms with Crippen LogP contribution in [0.15, 0.2) is 48.5 Å². The van der Waals surface area contributed by atoms with Crippen molar-refractivity contribution in [1.82, 2.24) is 5.32 Å². The largest absolute Gasteiger partial charge is 0.493 e. The molecule has 0 saturated carbocycles. The number of carbonyl (C=O) groups is 2. The van der Waals surface area contributed by atoms with Crippen LogP contribution in [0, 0.1) is 12.7 Å². The van der Waals surface area contributed by atoms with E-state index in [9.17, 15) is 14.0 Å². The summed E-state index contributed by atoms with van der Waals surface area (Å²) in [6.45, 7) is 3.83. The lowest BCUT2D eigenvalue weighted by Gasteiger charge is -2.14. The fraction of sp³-hybridized carbons (Fsp3) is 0.300. The average molecular weight is 359 g/mol. The van der Waals surface area contributed by atoms with E-state index in [-0.39, 0.29) is 25.4 Å². The van der Waals surface area contributed by atoms with Gasteiger partial charge in [-0.25, -0.2) is 4.39 Å². The van der Waals surface area contributed by atoms with E-state index in [1.165, 1.54) is 19.1 Å². The van der Waals surface area contributed by atoms with Gasteiger partial charge in [0.15, 0.2) is 6.10 Å². The van der Waals surface area contributed by atoms with E-state index in [1.54, 1.807) is 12.1 Å². The number of hydrogen-bond donors (Lipinski definition) is 1. The second kappa shape index (κ2) is 9.56. The van der Waals surface area contributed by atoms with Gasteiger partial charge in [-0.15, -0.1) is 0 Å². The Morgan fingerprint density at radius 2 is 1.81 bits per heavy atom. The summed E-state index contributed by atoms with van der Waals surface area (Å²) in [5.41, 5.74) is 1.74. The fourth-order valence-corrected chi connectivity index (χ4v) is 2.21. The van der Waals surface area contributed by atoms with Gasteiger partial charge in [-0.2, -0.15) is 0 Å². The van der Waals surface area contributed by atoms with E-state index >= 15 is 0 Å². The number of hydrogen-bond acceptors (Lipinski definition) is 4. The molecule has 0 heterocycles. The molecule has 0 aliphatic heterocycles. The lowest BCUT2D eigenvalue weighted by molar-refractivity contribution is -0.155. The van der Waals surface area contributed by atoms with Crippen LogP contribution in [-0.2, 0) is 20.9 Å². The Morgan fingerprint density at radius 1 is 1.12 bits per heavy atom. The first kappa shape index (κ1) is 19.4. The molecule has 1 amide bonds. The molecule has 0 saturated heterocycles. The van der Waals surface area contributed by atoms with Crippen LogP contribution in [-0.4, -0.2) is 24.6 Å².